The monoisotopic (exact) mass is 331 g/mol. The molecule has 0 unspecified atom stereocenters. The summed E-state index contributed by atoms with van der Waals surface area (Å²) in [4.78, 5) is 0. The molecule has 126 valence electrons. The molecule has 1 fully saturated rings. The minimum atomic E-state index is 0.401. The Morgan fingerprint density at radius 3 is 2.22 bits per heavy atom. The van der Waals surface area contributed by atoms with Gasteiger partial charge in [0.2, 0.25) is 0 Å². The number of rotatable bonds is 2. The third-order valence-electron chi connectivity index (χ3n) is 4.82. The van der Waals surface area contributed by atoms with Crippen molar-refractivity contribution in [3.8, 4) is 0 Å². The second-order valence-electron chi connectivity index (χ2n) is 7.65. The predicted octanol–water partition coefficient (Wildman–Crippen LogP) is 5.18. The fourth-order valence-electron chi connectivity index (χ4n) is 3.21. The predicted molar refractivity (Wildman–Crippen MR) is 104 cm³/mol. The Bertz CT molecular complexity index is 569. The Morgan fingerprint density at radius 1 is 1.13 bits per heavy atom. The second kappa shape index (κ2) is 7.43. The van der Waals surface area contributed by atoms with Crippen molar-refractivity contribution in [2.75, 3.05) is 5.32 Å². The van der Waals surface area contributed by atoms with Gasteiger partial charge in [0.15, 0.2) is 5.11 Å². The molecule has 0 spiro atoms. The zero-order chi connectivity index (χ0) is 17.0. The van der Waals surface area contributed by atoms with Crippen molar-refractivity contribution in [1.82, 2.24) is 5.43 Å². The Balaban J connectivity index is 1.88. The van der Waals surface area contributed by atoms with Crippen LogP contribution in [-0.2, 0) is 0 Å². The van der Waals surface area contributed by atoms with Gasteiger partial charge in [0.1, 0.15) is 0 Å². The number of thiocarbonyl (C=S) groups is 1. The van der Waals surface area contributed by atoms with Gasteiger partial charge in [0, 0.05) is 11.4 Å². The van der Waals surface area contributed by atoms with Crippen LogP contribution in [0.2, 0.25) is 0 Å². The molecule has 0 saturated heterocycles. The van der Waals surface area contributed by atoms with Gasteiger partial charge in [-0.25, -0.2) is 0 Å². The molecule has 23 heavy (non-hydrogen) atoms. The molecule has 0 atom stereocenters. The summed E-state index contributed by atoms with van der Waals surface area (Å²) < 4.78 is 0. The van der Waals surface area contributed by atoms with E-state index in [1.54, 1.807) is 0 Å². The molecule has 1 aliphatic carbocycles. The number of nitrogens with zero attached hydrogens (tertiary/aromatic N) is 1. The van der Waals surface area contributed by atoms with Gasteiger partial charge in [0.25, 0.3) is 0 Å². The molecule has 1 saturated carbocycles. The van der Waals surface area contributed by atoms with Gasteiger partial charge in [-0.05, 0) is 74.2 Å². The van der Waals surface area contributed by atoms with Crippen LogP contribution in [0.4, 0.5) is 5.69 Å². The van der Waals surface area contributed by atoms with Crippen LogP contribution < -0.4 is 10.7 Å². The standard InChI is InChI=1S/C19H29N3S/c1-13-7-6-8-14(2)17(13)20-18(23)22-21-16-11-9-15(10-12-16)19(3,4)5/h6-8,15H,9-12H2,1-5H3,(H2,20,22,23). The third kappa shape index (κ3) is 5.03. The summed E-state index contributed by atoms with van der Waals surface area (Å²) in [6.07, 6.45) is 4.59. The molecule has 0 amide bonds. The number of hydrazone groups is 1. The van der Waals surface area contributed by atoms with Crippen molar-refractivity contribution in [3.05, 3.63) is 29.3 Å². The van der Waals surface area contributed by atoms with E-state index < -0.39 is 0 Å². The van der Waals surface area contributed by atoms with E-state index in [0.29, 0.717) is 10.5 Å². The molecular formula is C19H29N3S. The van der Waals surface area contributed by atoms with E-state index in [2.05, 4.69) is 68.7 Å². The van der Waals surface area contributed by atoms with Gasteiger partial charge in [-0.15, -0.1) is 0 Å². The lowest BCUT2D eigenvalue weighted by Gasteiger charge is -2.34. The van der Waals surface area contributed by atoms with Crippen molar-refractivity contribution >= 4 is 28.7 Å². The lowest BCUT2D eigenvalue weighted by molar-refractivity contribution is 0.208. The lowest BCUT2D eigenvalue weighted by Crippen LogP contribution is -2.29. The highest BCUT2D eigenvalue weighted by Gasteiger charge is 2.28. The van der Waals surface area contributed by atoms with E-state index in [4.69, 9.17) is 12.2 Å². The molecule has 1 aromatic rings. The molecule has 2 rings (SSSR count). The van der Waals surface area contributed by atoms with Gasteiger partial charge in [-0.1, -0.05) is 39.0 Å². The van der Waals surface area contributed by atoms with Crippen molar-refractivity contribution in [3.63, 3.8) is 0 Å². The van der Waals surface area contributed by atoms with Gasteiger partial charge in [-0.3, -0.25) is 5.43 Å². The Labute approximate surface area is 145 Å². The number of aryl methyl sites for hydroxylation is 2. The highest BCUT2D eigenvalue weighted by Crippen LogP contribution is 2.36. The molecule has 0 radical (unpaired) electrons. The molecule has 4 heteroatoms. The number of anilines is 1. The summed E-state index contributed by atoms with van der Waals surface area (Å²) in [7, 11) is 0. The quantitative estimate of drug-likeness (QED) is 0.579. The molecule has 1 aromatic carbocycles. The largest absolute Gasteiger partial charge is 0.331 e. The van der Waals surface area contributed by atoms with E-state index in [9.17, 15) is 0 Å². The summed E-state index contributed by atoms with van der Waals surface area (Å²) in [5.74, 6) is 0.793. The topological polar surface area (TPSA) is 36.4 Å². The maximum absolute atomic E-state index is 5.38. The third-order valence-corrected chi connectivity index (χ3v) is 5.02. The van der Waals surface area contributed by atoms with Crippen molar-refractivity contribution in [2.24, 2.45) is 16.4 Å². The molecular weight excluding hydrogens is 302 g/mol. The molecule has 2 N–H and O–H groups in total. The highest BCUT2D eigenvalue weighted by atomic mass is 32.1. The number of para-hydroxylation sites is 1. The lowest BCUT2D eigenvalue weighted by atomic mass is 9.72. The van der Waals surface area contributed by atoms with Gasteiger partial charge < -0.3 is 5.32 Å². The van der Waals surface area contributed by atoms with Gasteiger partial charge in [-0.2, -0.15) is 5.10 Å². The van der Waals surface area contributed by atoms with Crippen LogP contribution in [0.15, 0.2) is 23.3 Å². The van der Waals surface area contributed by atoms with Gasteiger partial charge >= 0.3 is 0 Å². The van der Waals surface area contributed by atoms with Crippen molar-refractivity contribution < 1.29 is 0 Å². The molecule has 1 aliphatic rings. The van der Waals surface area contributed by atoms with E-state index >= 15 is 0 Å². The Kier molecular flexibility index (Phi) is 5.79. The van der Waals surface area contributed by atoms with Crippen LogP contribution in [0.1, 0.15) is 57.6 Å². The van der Waals surface area contributed by atoms with Gasteiger partial charge in [0.05, 0.1) is 0 Å². The number of hydrogen-bond acceptors (Lipinski definition) is 2. The Hall–Kier alpha value is -1.42. The molecule has 0 bridgehead atoms. The van der Waals surface area contributed by atoms with Crippen molar-refractivity contribution in [2.45, 2.75) is 60.3 Å². The van der Waals surface area contributed by atoms with E-state index in [-0.39, 0.29) is 0 Å². The van der Waals surface area contributed by atoms with Crippen LogP contribution in [0.3, 0.4) is 0 Å². The zero-order valence-corrected chi connectivity index (χ0v) is 15.8. The first-order valence-corrected chi connectivity index (χ1v) is 8.87. The number of hydrogen-bond donors (Lipinski definition) is 2. The zero-order valence-electron chi connectivity index (χ0n) is 15.0. The fraction of sp³-hybridized carbons (Fsp3) is 0.579. The minimum Gasteiger partial charge on any atom is -0.331 e. The smallest absolute Gasteiger partial charge is 0.191 e. The SMILES string of the molecule is Cc1cccc(C)c1NC(=S)NN=C1CCC(C(C)(C)C)CC1. The summed E-state index contributed by atoms with van der Waals surface area (Å²) in [6, 6.07) is 6.22. The maximum atomic E-state index is 5.38. The summed E-state index contributed by atoms with van der Waals surface area (Å²) in [5.41, 5.74) is 8.10. The van der Waals surface area contributed by atoms with Crippen molar-refractivity contribution in [1.29, 1.82) is 0 Å². The second-order valence-corrected chi connectivity index (χ2v) is 8.06. The molecule has 3 nitrogen and oxygen atoms in total. The number of benzene rings is 1. The molecule has 0 aromatic heterocycles. The first-order valence-electron chi connectivity index (χ1n) is 8.46. The van der Waals surface area contributed by atoms with Crippen LogP contribution in [0.25, 0.3) is 0 Å². The van der Waals surface area contributed by atoms with E-state index in [0.717, 1.165) is 24.4 Å². The van der Waals surface area contributed by atoms with Crippen LogP contribution in [0.5, 0.6) is 0 Å². The normalized spacial score (nSPS) is 18.5. The van der Waals surface area contributed by atoms with E-state index in [1.807, 2.05) is 0 Å². The Morgan fingerprint density at radius 2 is 1.70 bits per heavy atom. The summed E-state index contributed by atoms with van der Waals surface area (Å²) >= 11 is 5.38. The fourth-order valence-corrected chi connectivity index (χ4v) is 3.36. The maximum Gasteiger partial charge on any atom is 0.191 e. The van der Waals surface area contributed by atoms with Crippen LogP contribution in [0, 0.1) is 25.2 Å². The first-order chi connectivity index (χ1) is 10.8. The summed E-state index contributed by atoms with van der Waals surface area (Å²) in [6.45, 7) is 11.2. The number of nitrogens with one attached hydrogen (secondary N) is 2. The van der Waals surface area contributed by atoms with E-state index in [1.165, 1.54) is 29.7 Å². The highest BCUT2D eigenvalue weighted by molar-refractivity contribution is 7.80. The summed E-state index contributed by atoms with van der Waals surface area (Å²) in [5, 5.41) is 8.35. The molecule has 0 heterocycles. The first kappa shape index (κ1) is 17.9. The average Bonchev–Trinajstić information content (AvgIpc) is 2.48. The molecule has 0 aliphatic heterocycles. The minimum absolute atomic E-state index is 0.401. The van der Waals surface area contributed by atoms with Crippen LogP contribution >= 0.6 is 12.2 Å². The van der Waals surface area contributed by atoms with Crippen LogP contribution in [-0.4, -0.2) is 10.8 Å². The average molecular weight is 332 g/mol.